The second-order valence-electron chi connectivity index (χ2n) is 5.32. The summed E-state index contributed by atoms with van der Waals surface area (Å²) >= 11 is 0. The SMILES string of the molecule is COc1ccccc1C(=O)Nc1cc(=O)[nH]c2nc(-c3ccco3)nn12. The Balaban J connectivity index is 1.76. The van der Waals surface area contributed by atoms with Gasteiger partial charge in [-0.2, -0.15) is 9.50 Å². The molecule has 0 unspecified atom stereocenters. The van der Waals surface area contributed by atoms with Gasteiger partial charge in [0.25, 0.3) is 11.5 Å². The van der Waals surface area contributed by atoms with Crippen LogP contribution in [0.25, 0.3) is 17.4 Å². The highest BCUT2D eigenvalue weighted by atomic mass is 16.5. The van der Waals surface area contributed by atoms with Crippen LogP contribution in [0.3, 0.4) is 0 Å². The number of methoxy groups -OCH3 is 1. The zero-order chi connectivity index (χ0) is 18.1. The maximum absolute atomic E-state index is 12.6. The Labute approximate surface area is 146 Å². The summed E-state index contributed by atoms with van der Waals surface area (Å²) in [6.45, 7) is 0. The summed E-state index contributed by atoms with van der Waals surface area (Å²) in [5.74, 6) is 1.05. The monoisotopic (exact) mass is 351 g/mol. The third kappa shape index (κ3) is 2.71. The molecule has 0 bridgehead atoms. The van der Waals surface area contributed by atoms with Crippen molar-refractivity contribution in [3.05, 3.63) is 64.6 Å². The van der Waals surface area contributed by atoms with Crippen molar-refractivity contribution in [1.82, 2.24) is 19.6 Å². The van der Waals surface area contributed by atoms with Gasteiger partial charge in [0.05, 0.1) is 18.9 Å². The Bertz CT molecular complexity index is 1140. The van der Waals surface area contributed by atoms with E-state index in [1.54, 1.807) is 36.4 Å². The van der Waals surface area contributed by atoms with Crippen molar-refractivity contribution >= 4 is 17.5 Å². The molecule has 0 aliphatic heterocycles. The van der Waals surface area contributed by atoms with Crippen LogP contribution in [0.4, 0.5) is 5.82 Å². The highest BCUT2D eigenvalue weighted by molar-refractivity contribution is 6.05. The molecule has 0 radical (unpaired) electrons. The number of para-hydroxylation sites is 1. The number of aromatic nitrogens is 4. The number of fused-ring (bicyclic) bond motifs is 1. The van der Waals surface area contributed by atoms with Gasteiger partial charge in [-0.15, -0.1) is 5.10 Å². The van der Waals surface area contributed by atoms with Gasteiger partial charge in [-0.25, -0.2) is 0 Å². The van der Waals surface area contributed by atoms with Gasteiger partial charge in [0.1, 0.15) is 11.6 Å². The fourth-order valence-corrected chi connectivity index (χ4v) is 2.51. The first-order valence-corrected chi connectivity index (χ1v) is 7.64. The number of benzene rings is 1. The van der Waals surface area contributed by atoms with Gasteiger partial charge in [-0.3, -0.25) is 14.6 Å². The van der Waals surface area contributed by atoms with E-state index in [0.29, 0.717) is 17.1 Å². The van der Waals surface area contributed by atoms with E-state index in [1.165, 1.54) is 24.0 Å². The molecule has 0 aliphatic rings. The van der Waals surface area contributed by atoms with E-state index in [1.807, 2.05) is 0 Å². The highest BCUT2D eigenvalue weighted by Crippen LogP contribution is 2.20. The van der Waals surface area contributed by atoms with Crippen LogP contribution in [-0.2, 0) is 0 Å². The molecule has 9 heteroatoms. The van der Waals surface area contributed by atoms with Crippen molar-refractivity contribution in [3.63, 3.8) is 0 Å². The average molecular weight is 351 g/mol. The normalized spacial score (nSPS) is 10.8. The number of aromatic amines is 1. The lowest BCUT2D eigenvalue weighted by molar-refractivity contribution is 0.102. The molecule has 3 aromatic heterocycles. The zero-order valence-electron chi connectivity index (χ0n) is 13.6. The molecule has 0 saturated heterocycles. The Hall–Kier alpha value is -3.88. The van der Waals surface area contributed by atoms with Crippen molar-refractivity contribution in [2.24, 2.45) is 0 Å². The number of furan rings is 1. The van der Waals surface area contributed by atoms with Crippen LogP contribution in [0.5, 0.6) is 5.75 Å². The zero-order valence-corrected chi connectivity index (χ0v) is 13.6. The molecule has 0 fully saturated rings. The summed E-state index contributed by atoms with van der Waals surface area (Å²) < 4.78 is 11.8. The summed E-state index contributed by atoms with van der Waals surface area (Å²) in [7, 11) is 1.48. The third-order valence-corrected chi connectivity index (χ3v) is 3.67. The number of nitrogens with one attached hydrogen (secondary N) is 2. The number of carbonyl (C=O) groups is 1. The molecule has 0 atom stereocenters. The number of H-pyrrole nitrogens is 1. The van der Waals surface area contributed by atoms with Gasteiger partial charge in [-0.05, 0) is 24.3 Å². The lowest BCUT2D eigenvalue weighted by atomic mass is 10.2. The van der Waals surface area contributed by atoms with Crippen LogP contribution < -0.4 is 15.6 Å². The van der Waals surface area contributed by atoms with Crippen LogP contribution in [0, 0.1) is 0 Å². The molecule has 26 heavy (non-hydrogen) atoms. The van der Waals surface area contributed by atoms with Crippen molar-refractivity contribution in [2.45, 2.75) is 0 Å². The molecule has 2 N–H and O–H groups in total. The van der Waals surface area contributed by atoms with Crippen molar-refractivity contribution in [3.8, 4) is 17.3 Å². The van der Waals surface area contributed by atoms with E-state index in [-0.39, 0.29) is 17.4 Å². The van der Waals surface area contributed by atoms with Crippen LogP contribution in [0.1, 0.15) is 10.4 Å². The van der Waals surface area contributed by atoms with E-state index in [2.05, 4.69) is 20.4 Å². The predicted octanol–water partition coefficient (Wildman–Crippen LogP) is 1.94. The highest BCUT2D eigenvalue weighted by Gasteiger charge is 2.16. The Morgan fingerprint density at radius 1 is 1.27 bits per heavy atom. The minimum atomic E-state index is -0.440. The van der Waals surface area contributed by atoms with Gasteiger partial charge in [-0.1, -0.05) is 12.1 Å². The Morgan fingerprint density at radius 2 is 2.12 bits per heavy atom. The number of hydrogen-bond donors (Lipinski definition) is 2. The Kier molecular flexibility index (Phi) is 3.73. The molecule has 0 saturated carbocycles. The summed E-state index contributed by atoms with van der Waals surface area (Å²) in [4.78, 5) is 31.3. The molecular weight excluding hydrogens is 338 g/mol. The number of nitrogens with zero attached hydrogens (tertiary/aromatic N) is 3. The van der Waals surface area contributed by atoms with Gasteiger partial charge in [0.15, 0.2) is 5.76 Å². The quantitative estimate of drug-likeness (QED) is 0.581. The largest absolute Gasteiger partial charge is 0.496 e. The van der Waals surface area contributed by atoms with E-state index < -0.39 is 11.5 Å². The van der Waals surface area contributed by atoms with Gasteiger partial charge < -0.3 is 14.5 Å². The maximum atomic E-state index is 12.6. The molecule has 3 heterocycles. The summed E-state index contributed by atoms with van der Waals surface area (Å²) in [6.07, 6.45) is 1.49. The first-order chi connectivity index (χ1) is 12.7. The van der Waals surface area contributed by atoms with Crippen molar-refractivity contribution in [1.29, 1.82) is 0 Å². The van der Waals surface area contributed by atoms with Crippen LogP contribution in [-0.4, -0.2) is 32.6 Å². The van der Waals surface area contributed by atoms with Crippen molar-refractivity contribution < 1.29 is 13.9 Å². The van der Waals surface area contributed by atoms with E-state index in [9.17, 15) is 9.59 Å². The second-order valence-corrected chi connectivity index (χ2v) is 5.32. The number of carbonyl (C=O) groups excluding carboxylic acids is 1. The number of anilines is 1. The minimum absolute atomic E-state index is 0.171. The topological polar surface area (TPSA) is 115 Å². The van der Waals surface area contributed by atoms with Gasteiger partial charge >= 0.3 is 0 Å². The average Bonchev–Trinajstić information content (AvgIpc) is 3.30. The molecule has 0 spiro atoms. The predicted molar refractivity (Wildman–Crippen MR) is 92.3 cm³/mol. The summed E-state index contributed by atoms with van der Waals surface area (Å²) in [5.41, 5.74) is -0.0963. The van der Waals surface area contributed by atoms with Crippen molar-refractivity contribution in [2.75, 3.05) is 12.4 Å². The third-order valence-electron chi connectivity index (χ3n) is 3.67. The van der Waals surface area contributed by atoms with E-state index in [4.69, 9.17) is 9.15 Å². The van der Waals surface area contributed by atoms with Crippen LogP contribution >= 0.6 is 0 Å². The number of rotatable bonds is 4. The fourth-order valence-electron chi connectivity index (χ4n) is 2.51. The Morgan fingerprint density at radius 3 is 2.88 bits per heavy atom. The fraction of sp³-hybridized carbons (Fsp3) is 0.0588. The smallest absolute Gasteiger partial charge is 0.260 e. The molecule has 4 rings (SSSR count). The first kappa shape index (κ1) is 15.6. The van der Waals surface area contributed by atoms with E-state index in [0.717, 1.165) is 0 Å². The summed E-state index contributed by atoms with van der Waals surface area (Å²) in [5, 5.41) is 6.95. The van der Waals surface area contributed by atoms with Crippen LogP contribution in [0.15, 0.2) is 57.9 Å². The molecule has 130 valence electrons. The molecule has 1 aromatic carbocycles. The molecule has 4 aromatic rings. The molecule has 1 amide bonds. The lowest BCUT2D eigenvalue weighted by Gasteiger charge is -2.09. The van der Waals surface area contributed by atoms with Gasteiger partial charge in [0.2, 0.25) is 11.6 Å². The molecular formula is C17H13N5O4. The molecule has 0 aliphatic carbocycles. The lowest BCUT2D eigenvalue weighted by Crippen LogP contribution is -2.19. The standard InChI is InChI=1S/C17H13N5O4/c1-25-11-6-3-2-5-10(11)16(24)18-13-9-14(23)19-17-20-15(21-22(13)17)12-7-4-8-26-12/h2-9H,1H3,(H,18,24)(H,19,20,21,23). The number of amides is 1. The molecule has 9 nitrogen and oxygen atoms in total. The van der Waals surface area contributed by atoms with Crippen LogP contribution in [0.2, 0.25) is 0 Å². The maximum Gasteiger partial charge on any atom is 0.260 e. The first-order valence-electron chi connectivity index (χ1n) is 7.64. The number of ether oxygens (including phenoxy) is 1. The van der Waals surface area contributed by atoms with Gasteiger partial charge in [0, 0.05) is 6.07 Å². The number of hydrogen-bond acceptors (Lipinski definition) is 6. The van der Waals surface area contributed by atoms with E-state index >= 15 is 0 Å². The minimum Gasteiger partial charge on any atom is -0.496 e. The second kappa shape index (κ2) is 6.20. The summed E-state index contributed by atoms with van der Waals surface area (Å²) in [6, 6.07) is 11.4.